The zero-order valence-corrected chi connectivity index (χ0v) is 23.5. The Kier molecular flexibility index (Phi) is 9.35. The molecule has 0 amide bonds. The van der Waals surface area contributed by atoms with Gasteiger partial charge in [0.1, 0.15) is 36.6 Å². The fourth-order valence-electron chi connectivity index (χ4n) is 6.11. The molecule has 0 aromatic rings. The monoisotopic (exact) mass is 550 g/mol. The normalized spacial score (nSPS) is 41.8. The summed E-state index contributed by atoms with van der Waals surface area (Å²) >= 11 is 0. The number of hydrogen-bond acceptors (Lipinski definition) is 12. The van der Waals surface area contributed by atoms with Crippen molar-refractivity contribution in [3.8, 4) is 0 Å². The predicted octanol–water partition coefficient (Wildman–Crippen LogP) is 1.41. The average Bonchev–Trinajstić information content (AvgIpc) is 3.78. The minimum Gasteiger partial charge on any atom is -0.408 e. The Morgan fingerprint density at radius 1 is 0.538 bits per heavy atom. The van der Waals surface area contributed by atoms with Crippen LogP contribution < -0.4 is 0 Å². The minimum absolute atomic E-state index is 0.240. The van der Waals surface area contributed by atoms with Gasteiger partial charge in [0, 0.05) is 0 Å². The number of ether oxygens (including phenoxy) is 2. The summed E-state index contributed by atoms with van der Waals surface area (Å²) in [7, 11) is -1.76. The molecular weight excluding hydrogens is 510 g/mol. The average molecular weight is 550 g/mol. The highest BCUT2D eigenvalue weighted by Crippen LogP contribution is 2.40. The fraction of sp³-hybridized carbons (Fsp3) is 1.00. The van der Waals surface area contributed by atoms with Crippen molar-refractivity contribution in [3.63, 3.8) is 0 Å². The molecule has 214 valence electrons. The van der Waals surface area contributed by atoms with Crippen molar-refractivity contribution in [2.45, 2.75) is 128 Å². The fourth-order valence-corrected chi connectivity index (χ4v) is 6.11. The lowest BCUT2D eigenvalue weighted by atomic mass is 9.85. The molecule has 0 saturated carbocycles. The molecule has 6 fully saturated rings. The van der Waals surface area contributed by atoms with Crippen LogP contribution in [0.5, 0.6) is 0 Å². The van der Waals surface area contributed by atoms with Gasteiger partial charge in [-0.15, -0.1) is 0 Å². The van der Waals surface area contributed by atoms with Crippen molar-refractivity contribution in [3.05, 3.63) is 0 Å². The van der Waals surface area contributed by atoms with Crippen LogP contribution in [0, 0.1) is 0 Å². The summed E-state index contributed by atoms with van der Waals surface area (Å²) in [5.74, 6) is 0. The predicted molar refractivity (Wildman–Crippen MR) is 142 cm³/mol. The van der Waals surface area contributed by atoms with Crippen LogP contribution in [0.3, 0.4) is 0 Å². The van der Waals surface area contributed by atoms with E-state index in [-0.39, 0.29) is 65.1 Å². The van der Waals surface area contributed by atoms with Crippen LogP contribution in [0.4, 0.5) is 0 Å². The van der Waals surface area contributed by atoms with Crippen LogP contribution >= 0.6 is 0 Å². The third kappa shape index (κ3) is 5.76. The van der Waals surface area contributed by atoms with E-state index < -0.39 is 31.9 Å². The van der Waals surface area contributed by atoms with Crippen LogP contribution in [0.15, 0.2) is 0 Å². The lowest BCUT2D eigenvalue weighted by Crippen LogP contribution is -2.41. The highest BCUT2D eigenvalue weighted by Gasteiger charge is 2.60. The van der Waals surface area contributed by atoms with Crippen molar-refractivity contribution >= 4 is 35.6 Å². The molecule has 0 N–H and O–H groups in total. The zero-order valence-electron chi connectivity index (χ0n) is 23.5. The van der Waals surface area contributed by atoms with E-state index in [0.29, 0.717) is 19.5 Å². The van der Waals surface area contributed by atoms with E-state index in [2.05, 4.69) is 0 Å². The Bertz CT molecular complexity index is 759. The second-order valence-electron chi connectivity index (χ2n) is 10.8. The maximum atomic E-state index is 6.39. The van der Waals surface area contributed by atoms with E-state index in [1.807, 2.05) is 34.6 Å². The van der Waals surface area contributed by atoms with Crippen LogP contribution in [-0.2, 0) is 56.0 Å². The maximum Gasteiger partial charge on any atom is 0.460 e. The maximum absolute atomic E-state index is 6.39. The first-order valence-corrected chi connectivity index (χ1v) is 14.8. The van der Waals surface area contributed by atoms with Crippen LogP contribution in [-0.4, -0.2) is 110 Å². The first-order valence-electron chi connectivity index (χ1n) is 14.8. The molecule has 39 heavy (non-hydrogen) atoms. The van der Waals surface area contributed by atoms with Gasteiger partial charge in [-0.1, -0.05) is 34.6 Å². The Hall–Kier alpha value is -0.155. The summed E-state index contributed by atoms with van der Waals surface area (Å²) in [5, 5.41) is 0. The second-order valence-corrected chi connectivity index (χ2v) is 10.8. The van der Waals surface area contributed by atoms with E-state index in [4.69, 9.17) is 56.0 Å². The van der Waals surface area contributed by atoms with Gasteiger partial charge < -0.3 is 56.0 Å². The standard InChI is InChI=1S/C22H39B5O12/c1-6-23-28-11-13(32-23)15-17-19(36-25(8-3)34-17)21(30-15)38-27(10-5)39-22-20-18(35-26(9-4)37-20)16(31-22)14-12-29-24(7-2)33-14/h13-22H,6-12H2,1-5H3. The molecule has 0 spiro atoms. The molecule has 10 unspecified atom stereocenters. The van der Waals surface area contributed by atoms with Crippen molar-refractivity contribution in [1.82, 2.24) is 0 Å². The molecule has 10 atom stereocenters. The summed E-state index contributed by atoms with van der Waals surface area (Å²) < 4.78 is 73.8. The van der Waals surface area contributed by atoms with Gasteiger partial charge in [-0.25, -0.2) is 0 Å². The van der Waals surface area contributed by atoms with E-state index in [1.54, 1.807) is 0 Å². The van der Waals surface area contributed by atoms with E-state index in [9.17, 15) is 0 Å². The summed E-state index contributed by atoms with van der Waals surface area (Å²) in [6, 6.07) is 0. The molecule has 0 aromatic carbocycles. The highest BCUT2D eigenvalue weighted by molar-refractivity contribution is 6.46. The van der Waals surface area contributed by atoms with Gasteiger partial charge in [0.2, 0.25) is 0 Å². The lowest BCUT2D eigenvalue weighted by molar-refractivity contribution is -0.164. The largest absolute Gasteiger partial charge is 0.460 e. The second kappa shape index (κ2) is 12.6. The highest BCUT2D eigenvalue weighted by atomic mass is 16.8. The van der Waals surface area contributed by atoms with Crippen molar-refractivity contribution in [1.29, 1.82) is 0 Å². The molecule has 6 aliphatic rings. The van der Waals surface area contributed by atoms with E-state index in [1.165, 1.54) is 0 Å². The van der Waals surface area contributed by atoms with Gasteiger partial charge in [0.15, 0.2) is 12.6 Å². The molecule has 6 rings (SSSR count). The van der Waals surface area contributed by atoms with Crippen molar-refractivity contribution in [2.75, 3.05) is 13.2 Å². The molecule has 0 radical (unpaired) electrons. The topological polar surface area (TPSA) is 111 Å². The smallest absolute Gasteiger partial charge is 0.408 e. The van der Waals surface area contributed by atoms with Gasteiger partial charge in [-0.2, -0.15) is 0 Å². The Balaban J connectivity index is 1.12. The van der Waals surface area contributed by atoms with E-state index in [0.717, 1.165) is 25.3 Å². The molecular formula is C22H39B5O12. The van der Waals surface area contributed by atoms with Gasteiger partial charge in [-0.3, -0.25) is 0 Å². The summed E-state index contributed by atoms with van der Waals surface area (Å²) in [5.41, 5.74) is 0. The first kappa shape index (κ1) is 28.9. The third-order valence-electron chi connectivity index (χ3n) is 8.17. The molecule has 6 heterocycles. The molecule has 0 aromatic heterocycles. The number of rotatable bonds is 11. The van der Waals surface area contributed by atoms with Gasteiger partial charge in [0.05, 0.1) is 25.4 Å². The number of hydrogen-bond donors (Lipinski definition) is 0. The zero-order chi connectivity index (χ0) is 27.1. The molecule has 17 heteroatoms. The van der Waals surface area contributed by atoms with E-state index >= 15 is 0 Å². The summed E-state index contributed by atoms with van der Waals surface area (Å²) in [6.07, 6.45) is -0.551. The Morgan fingerprint density at radius 2 is 0.949 bits per heavy atom. The van der Waals surface area contributed by atoms with Crippen LogP contribution in [0.25, 0.3) is 0 Å². The molecule has 0 bridgehead atoms. The van der Waals surface area contributed by atoms with Crippen molar-refractivity contribution in [2.24, 2.45) is 0 Å². The molecule has 12 nitrogen and oxygen atoms in total. The number of fused-ring (bicyclic) bond motifs is 2. The molecule has 6 saturated heterocycles. The molecule has 0 aliphatic carbocycles. The van der Waals surface area contributed by atoms with Crippen molar-refractivity contribution < 1.29 is 56.0 Å². The Morgan fingerprint density at radius 3 is 1.31 bits per heavy atom. The van der Waals surface area contributed by atoms with Crippen LogP contribution in [0.2, 0.25) is 31.6 Å². The van der Waals surface area contributed by atoms with Gasteiger partial charge in [0.25, 0.3) is 0 Å². The van der Waals surface area contributed by atoms with Gasteiger partial charge >= 0.3 is 35.6 Å². The first-order chi connectivity index (χ1) is 19.0. The molecule has 6 aliphatic heterocycles. The Labute approximate surface area is 232 Å². The summed E-state index contributed by atoms with van der Waals surface area (Å²) in [6.45, 7) is 11.0. The SMILES string of the molecule is CCB1OCC(C2OC(OB(CC)OC3OC(C4COB(CC)O4)C4OB(CC)OC34)C3OB(CC)OC23)O1. The minimum atomic E-state index is -0.695. The van der Waals surface area contributed by atoms with Crippen LogP contribution in [0.1, 0.15) is 34.6 Å². The summed E-state index contributed by atoms with van der Waals surface area (Å²) in [4.78, 5) is 0. The third-order valence-corrected chi connectivity index (χ3v) is 8.17. The quantitative estimate of drug-likeness (QED) is 0.348. The van der Waals surface area contributed by atoms with Gasteiger partial charge in [-0.05, 0) is 31.6 Å². The lowest BCUT2D eigenvalue weighted by Gasteiger charge is -2.27.